The summed E-state index contributed by atoms with van der Waals surface area (Å²) in [6.45, 7) is 3.95. The van der Waals surface area contributed by atoms with Crippen molar-refractivity contribution in [2.75, 3.05) is 13.7 Å². The molecule has 1 heterocycles. The van der Waals surface area contributed by atoms with E-state index in [1.165, 1.54) is 0 Å². The number of hydrogen-bond donors (Lipinski definition) is 1. The third-order valence-corrected chi connectivity index (χ3v) is 5.79. The number of nitrogens with one attached hydrogen (secondary N) is 1. The van der Waals surface area contributed by atoms with Gasteiger partial charge in [-0.3, -0.25) is 0 Å². The van der Waals surface area contributed by atoms with Crippen LogP contribution in [0.3, 0.4) is 0 Å². The zero-order valence-corrected chi connectivity index (χ0v) is 14.8. The highest BCUT2D eigenvalue weighted by molar-refractivity contribution is 7.89. The Bertz CT molecular complexity index is 861. The zero-order valence-electron chi connectivity index (χ0n) is 14.0. The Morgan fingerprint density at radius 3 is 2.75 bits per heavy atom. The fourth-order valence-corrected chi connectivity index (χ4v) is 4.46. The maximum Gasteiger partial charge on any atom is 0.241 e. The van der Waals surface area contributed by atoms with Crippen LogP contribution < -0.4 is 14.2 Å². The summed E-state index contributed by atoms with van der Waals surface area (Å²) >= 11 is 0. The second-order valence-electron chi connectivity index (χ2n) is 6.05. The number of benzene rings is 2. The van der Waals surface area contributed by atoms with E-state index in [-0.39, 0.29) is 12.6 Å². The Morgan fingerprint density at radius 1 is 1.21 bits per heavy atom. The van der Waals surface area contributed by atoms with Crippen LogP contribution in [0.1, 0.15) is 16.7 Å². The number of aryl methyl sites for hydroxylation is 2. The molecule has 0 saturated carbocycles. The monoisotopic (exact) mass is 347 g/mol. The van der Waals surface area contributed by atoms with Gasteiger partial charge in [0.1, 0.15) is 6.61 Å². The summed E-state index contributed by atoms with van der Waals surface area (Å²) in [6, 6.07) is 10.7. The highest BCUT2D eigenvalue weighted by Crippen LogP contribution is 2.34. The van der Waals surface area contributed by atoms with Crippen molar-refractivity contribution in [3.05, 3.63) is 53.1 Å². The summed E-state index contributed by atoms with van der Waals surface area (Å²) in [5, 5.41) is 0. The van der Waals surface area contributed by atoms with Gasteiger partial charge in [-0.25, -0.2) is 13.1 Å². The van der Waals surface area contributed by atoms with Crippen molar-refractivity contribution >= 4 is 10.0 Å². The lowest BCUT2D eigenvalue weighted by Crippen LogP contribution is -2.42. The van der Waals surface area contributed by atoms with E-state index in [0.717, 1.165) is 16.7 Å². The number of ether oxygens (including phenoxy) is 2. The smallest absolute Gasteiger partial charge is 0.241 e. The van der Waals surface area contributed by atoms with E-state index in [9.17, 15) is 8.42 Å². The molecule has 24 heavy (non-hydrogen) atoms. The molecule has 0 fully saturated rings. The van der Waals surface area contributed by atoms with Gasteiger partial charge in [-0.1, -0.05) is 24.3 Å². The van der Waals surface area contributed by atoms with E-state index >= 15 is 0 Å². The highest BCUT2D eigenvalue weighted by atomic mass is 32.2. The van der Waals surface area contributed by atoms with Crippen LogP contribution >= 0.6 is 0 Å². The van der Waals surface area contributed by atoms with Gasteiger partial charge in [0.05, 0.1) is 18.0 Å². The maximum absolute atomic E-state index is 12.7. The lowest BCUT2D eigenvalue weighted by molar-refractivity contribution is 0.240. The predicted molar refractivity (Wildman–Crippen MR) is 92.2 cm³/mol. The molecule has 0 aliphatic carbocycles. The van der Waals surface area contributed by atoms with Crippen LogP contribution in [0.15, 0.2) is 41.3 Å². The van der Waals surface area contributed by atoms with E-state index in [2.05, 4.69) is 4.72 Å². The highest BCUT2D eigenvalue weighted by Gasteiger charge is 2.27. The molecular formula is C18H21NO4S. The summed E-state index contributed by atoms with van der Waals surface area (Å²) in [7, 11) is -2.00. The molecule has 5 nitrogen and oxygen atoms in total. The van der Waals surface area contributed by atoms with Gasteiger partial charge in [-0.15, -0.1) is 0 Å². The molecular weight excluding hydrogens is 326 g/mol. The molecule has 6 heteroatoms. The second kappa shape index (κ2) is 6.45. The van der Waals surface area contributed by atoms with Crippen molar-refractivity contribution in [2.45, 2.75) is 31.2 Å². The predicted octanol–water partition coefficient (Wildman–Crippen LogP) is 2.59. The number of hydrogen-bond acceptors (Lipinski definition) is 4. The Labute approximate surface area is 142 Å². The molecule has 0 saturated heterocycles. The van der Waals surface area contributed by atoms with Crippen LogP contribution in [-0.4, -0.2) is 28.2 Å². The molecule has 0 spiro atoms. The van der Waals surface area contributed by atoms with Crippen molar-refractivity contribution in [3.63, 3.8) is 0 Å². The van der Waals surface area contributed by atoms with Gasteiger partial charge in [-0.2, -0.15) is 0 Å². The number of methoxy groups -OCH3 is 1. The molecule has 1 aliphatic rings. The van der Waals surface area contributed by atoms with Crippen molar-refractivity contribution in [3.8, 4) is 11.5 Å². The van der Waals surface area contributed by atoms with E-state index < -0.39 is 10.0 Å². The van der Waals surface area contributed by atoms with Crippen LogP contribution in [0.25, 0.3) is 0 Å². The fraction of sp³-hybridized carbons (Fsp3) is 0.333. The normalized spacial score (nSPS) is 17.0. The first-order valence-corrected chi connectivity index (χ1v) is 9.27. The van der Waals surface area contributed by atoms with Gasteiger partial charge in [0.25, 0.3) is 0 Å². The van der Waals surface area contributed by atoms with Gasteiger partial charge in [0, 0.05) is 0 Å². The lowest BCUT2D eigenvalue weighted by Gasteiger charge is -2.27. The minimum atomic E-state index is -3.59. The third-order valence-electron chi connectivity index (χ3n) is 4.13. The minimum Gasteiger partial charge on any atom is -0.493 e. The molecule has 2 aromatic carbocycles. The topological polar surface area (TPSA) is 64.6 Å². The SMILES string of the molecule is COc1cccc2c1OCC(NS(=O)(=O)c1cc(C)ccc1C)C2. The van der Waals surface area contributed by atoms with E-state index in [4.69, 9.17) is 9.47 Å². The van der Waals surface area contributed by atoms with E-state index in [1.807, 2.05) is 37.3 Å². The van der Waals surface area contributed by atoms with Gasteiger partial charge < -0.3 is 9.47 Å². The zero-order chi connectivity index (χ0) is 17.3. The summed E-state index contributed by atoms with van der Waals surface area (Å²) < 4.78 is 39.2. The first-order chi connectivity index (χ1) is 11.4. The maximum atomic E-state index is 12.7. The fourth-order valence-electron chi connectivity index (χ4n) is 2.91. The van der Waals surface area contributed by atoms with E-state index in [0.29, 0.717) is 22.8 Å². The average molecular weight is 347 g/mol. The molecule has 1 atom stereocenters. The molecule has 1 aliphatic heterocycles. The second-order valence-corrected chi connectivity index (χ2v) is 7.73. The molecule has 3 rings (SSSR count). The number of sulfonamides is 1. The van der Waals surface area contributed by atoms with Crippen LogP contribution in [0.2, 0.25) is 0 Å². The summed E-state index contributed by atoms with van der Waals surface area (Å²) in [5.74, 6) is 1.37. The molecule has 0 bridgehead atoms. The van der Waals surface area contributed by atoms with Crippen molar-refractivity contribution in [1.29, 1.82) is 0 Å². The number of fused-ring (bicyclic) bond motifs is 1. The summed E-state index contributed by atoms with van der Waals surface area (Å²) in [4.78, 5) is 0.318. The number of rotatable bonds is 4. The summed E-state index contributed by atoms with van der Waals surface area (Å²) in [5.41, 5.74) is 2.58. The summed E-state index contributed by atoms with van der Waals surface area (Å²) in [6.07, 6.45) is 0.566. The molecule has 0 amide bonds. The first-order valence-electron chi connectivity index (χ1n) is 7.79. The van der Waals surface area contributed by atoms with Gasteiger partial charge in [0.2, 0.25) is 10.0 Å². The lowest BCUT2D eigenvalue weighted by atomic mass is 10.0. The standard InChI is InChI=1S/C18H21NO4S/c1-12-7-8-13(2)17(9-12)24(20,21)19-15-10-14-5-4-6-16(22-3)18(14)23-11-15/h4-9,15,19H,10-11H2,1-3H3. The van der Waals surface area contributed by atoms with E-state index in [1.54, 1.807) is 20.1 Å². The molecule has 0 aromatic heterocycles. The average Bonchev–Trinajstić information content (AvgIpc) is 2.55. The minimum absolute atomic E-state index is 0.275. The van der Waals surface area contributed by atoms with Crippen LogP contribution in [0.5, 0.6) is 11.5 Å². The van der Waals surface area contributed by atoms with Crippen LogP contribution in [-0.2, 0) is 16.4 Å². The van der Waals surface area contributed by atoms with Crippen LogP contribution in [0, 0.1) is 13.8 Å². The first kappa shape index (κ1) is 16.8. The quantitative estimate of drug-likeness (QED) is 0.923. The Morgan fingerprint density at radius 2 is 2.00 bits per heavy atom. The largest absolute Gasteiger partial charge is 0.493 e. The molecule has 0 radical (unpaired) electrons. The molecule has 2 aromatic rings. The number of para-hydroxylation sites is 1. The Hall–Kier alpha value is -2.05. The molecule has 128 valence electrons. The Kier molecular flexibility index (Phi) is 4.51. The third kappa shape index (κ3) is 3.25. The van der Waals surface area contributed by atoms with Gasteiger partial charge in [-0.05, 0) is 49.1 Å². The van der Waals surface area contributed by atoms with Crippen LogP contribution in [0.4, 0.5) is 0 Å². The van der Waals surface area contributed by atoms with Gasteiger partial charge in [0.15, 0.2) is 11.5 Å². The Balaban J connectivity index is 1.83. The van der Waals surface area contributed by atoms with Crippen molar-refractivity contribution < 1.29 is 17.9 Å². The molecule has 1 N–H and O–H groups in total. The van der Waals surface area contributed by atoms with Crippen molar-refractivity contribution in [2.24, 2.45) is 0 Å². The van der Waals surface area contributed by atoms with Gasteiger partial charge >= 0.3 is 0 Å². The molecule has 1 unspecified atom stereocenters. The van der Waals surface area contributed by atoms with Crippen molar-refractivity contribution in [1.82, 2.24) is 4.72 Å².